The van der Waals surface area contributed by atoms with Crippen molar-refractivity contribution in [1.29, 1.82) is 0 Å². The van der Waals surface area contributed by atoms with E-state index in [9.17, 15) is 20.4 Å². The fraction of sp³-hybridized carbons (Fsp3) is 1.00. The third kappa shape index (κ3) is 11.1. The molecule has 0 aliphatic heterocycles. The summed E-state index contributed by atoms with van der Waals surface area (Å²) in [7, 11) is 0. The van der Waals surface area contributed by atoms with Crippen molar-refractivity contribution in [2.75, 3.05) is 19.8 Å². The Labute approximate surface area is 172 Å². The molecule has 0 heterocycles. The normalized spacial score (nSPS) is 17.2. The van der Waals surface area contributed by atoms with Crippen molar-refractivity contribution in [3.63, 3.8) is 0 Å². The van der Waals surface area contributed by atoms with Crippen LogP contribution in [0.25, 0.3) is 0 Å². The third-order valence-corrected chi connectivity index (χ3v) is 5.46. The number of ether oxygens (including phenoxy) is 2. The lowest BCUT2D eigenvalue weighted by Crippen LogP contribution is -2.52. The summed E-state index contributed by atoms with van der Waals surface area (Å²) >= 11 is 0. The molecule has 0 radical (unpaired) electrons. The number of hydrogen-bond donors (Lipinski definition) is 4. The van der Waals surface area contributed by atoms with E-state index in [4.69, 9.17) is 9.47 Å². The molecule has 4 atom stereocenters. The largest absolute Gasteiger partial charge is 0.394 e. The molecule has 4 unspecified atom stereocenters. The van der Waals surface area contributed by atoms with Gasteiger partial charge in [0.25, 0.3) is 0 Å². The van der Waals surface area contributed by atoms with E-state index in [-0.39, 0.29) is 0 Å². The third-order valence-electron chi connectivity index (χ3n) is 5.46. The van der Waals surface area contributed by atoms with Gasteiger partial charge >= 0.3 is 0 Å². The van der Waals surface area contributed by atoms with Crippen LogP contribution in [0.15, 0.2) is 0 Å². The highest BCUT2D eigenvalue weighted by Gasteiger charge is 2.40. The van der Waals surface area contributed by atoms with Gasteiger partial charge in [0.05, 0.1) is 18.8 Å². The maximum absolute atomic E-state index is 10.4. The zero-order valence-electron chi connectivity index (χ0n) is 18.4. The summed E-state index contributed by atoms with van der Waals surface area (Å²) in [6, 6.07) is 0. The van der Waals surface area contributed by atoms with Gasteiger partial charge in [-0.1, -0.05) is 78.6 Å². The van der Waals surface area contributed by atoms with Gasteiger partial charge in [-0.05, 0) is 19.3 Å². The van der Waals surface area contributed by atoms with Crippen LogP contribution in [0.2, 0.25) is 0 Å². The highest BCUT2D eigenvalue weighted by Crippen LogP contribution is 2.31. The summed E-state index contributed by atoms with van der Waals surface area (Å²) in [6.45, 7) is 5.75. The van der Waals surface area contributed by atoms with E-state index >= 15 is 0 Å². The Bertz CT molecular complexity index is 341. The molecule has 0 saturated carbocycles. The minimum atomic E-state index is -1.19. The van der Waals surface area contributed by atoms with Crippen molar-refractivity contribution in [3.05, 3.63) is 0 Å². The summed E-state index contributed by atoms with van der Waals surface area (Å²) in [5.41, 5.74) is -0.996. The van der Waals surface area contributed by atoms with Gasteiger partial charge in [0, 0.05) is 6.61 Å². The van der Waals surface area contributed by atoms with Crippen LogP contribution in [0.1, 0.15) is 97.8 Å². The first-order valence-corrected chi connectivity index (χ1v) is 11.4. The molecule has 28 heavy (non-hydrogen) atoms. The minimum Gasteiger partial charge on any atom is -0.394 e. The van der Waals surface area contributed by atoms with Crippen molar-refractivity contribution in [1.82, 2.24) is 0 Å². The summed E-state index contributed by atoms with van der Waals surface area (Å²) < 4.78 is 11.8. The highest BCUT2D eigenvalue weighted by molar-refractivity contribution is 4.88. The minimum absolute atomic E-state index is 0.416. The maximum Gasteiger partial charge on any atom is 0.186 e. The molecule has 170 valence electrons. The van der Waals surface area contributed by atoms with Gasteiger partial charge in [0.2, 0.25) is 0 Å². The molecule has 0 aromatic carbocycles. The van der Waals surface area contributed by atoms with Gasteiger partial charge in [-0.2, -0.15) is 0 Å². The van der Waals surface area contributed by atoms with Gasteiger partial charge in [-0.15, -0.1) is 0 Å². The Hall–Kier alpha value is -0.240. The van der Waals surface area contributed by atoms with Crippen molar-refractivity contribution in [2.24, 2.45) is 0 Å². The van der Waals surface area contributed by atoms with Crippen molar-refractivity contribution >= 4 is 0 Å². The topological polar surface area (TPSA) is 99.4 Å². The fourth-order valence-electron chi connectivity index (χ4n) is 3.44. The van der Waals surface area contributed by atoms with E-state index in [1.165, 1.54) is 19.3 Å². The first-order valence-electron chi connectivity index (χ1n) is 11.4. The smallest absolute Gasteiger partial charge is 0.186 e. The first kappa shape index (κ1) is 27.8. The van der Waals surface area contributed by atoms with Crippen LogP contribution in [-0.4, -0.2) is 64.3 Å². The summed E-state index contributed by atoms with van der Waals surface area (Å²) in [5, 5.41) is 39.6. The molecule has 6 nitrogen and oxygen atoms in total. The maximum atomic E-state index is 10.4. The van der Waals surface area contributed by atoms with E-state index in [1.807, 2.05) is 6.92 Å². The van der Waals surface area contributed by atoms with Crippen molar-refractivity contribution in [2.45, 2.75) is 122 Å². The van der Waals surface area contributed by atoms with Gasteiger partial charge in [0.1, 0.15) is 12.2 Å². The predicted molar refractivity (Wildman–Crippen MR) is 112 cm³/mol. The van der Waals surface area contributed by atoms with Crippen LogP contribution in [0, 0.1) is 0 Å². The lowest BCUT2D eigenvalue weighted by Gasteiger charge is -2.40. The summed E-state index contributed by atoms with van der Waals surface area (Å²) in [4.78, 5) is 0. The van der Waals surface area contributed by atoms with Crippen LogP contribution in [0.3, 0.4) is 0 Å². The van der Waals surface area contributed by atoms with Crippen molar-refractivity contribution in [3.8, 4) is 0 Å². The van der Waals surface area contributed by atoms with Gasteiger partial charge in [-0.3, -0.25) is 0 Å². The van der Waals surface area contributed by atoms with Crippen LogP contribution in [0.4, 0.5) is 0 Å². The molecule has 0 aromatic heterocycles. The van der Waals surface area contributed by atoms with Crippen LogP contribution < -0.4 is 0 Å². The summed E-state index contributed by atoms with van der Waals surface area (Å²) in [5.74, 6) is 0. The molecular weight excluding hydrogens is 360 g/mol. The second-order valence-electron chi connectivity index (χ2n) is 7.80. The molecule has 0 bridgehead atoms. The molecule has 0 saturated heterocycles. The van der Waals surface area contributed by atoms with E-state index in [0.29, 0.717) is 19.4 Å². The molecule has 0 aliphatic carbocycles. The van der Waals surface area contributed by atoms with E-state index in [2.05, 4.69) is 13.8 Å². The molecular formula is C22H46O6. The molecule has 0 rings (SSSR count). The Morgan fingerprint density at radius 1 is 0.750 bits per heavy atom. The lowest BCUT2D eigenvalue weighted by atomic mass is 9.87. The molecule has 0 aromatic rings. The second kappa shape index (κ2) is 17.6. The molecule has 0 amide bonds. The number of aliphatic hydroxyl groups excluding tert-OH is 4. The molecule has 4 N–H and O–H groups in total. The van der Waals surface area contributed by atoms with Gasteiger partial charge < -0.3 is 29.9 Å². The van der Waals surface area contributed by atoms with E-state index < -0.39 is 37.3 Å². The lowest BCUT2D eigenvalue weighted by molar-refractivity contribution is -0.279. The average molecular weight is 407 g/mol. The number of unbranched alkanes of at least 4 members (excludes halogenated alkanes) is 8. The molecule has 0 aliphatic rings. The van der Waals surface area contributed by atoms with E-state index in [0.717, 1.165) is 44.9 Å². The second-order valence-corrected chi connectivity index (χ2v) is 7.80. The van der Waals surface area contributed by atoms with E-state index in [1.54, 1.807) is 0 Å². The zero-order chi connectivity index (χ0) is 21.3. The summed E-state index contributed by atoms with van der Waals surface area (Å²) in [6.07, 6.45) is 8.61. The zero-order valence-corrected chi connectivity index (χ0v) is 18.4. The van der Waals surface area contributed by atoms with Crippen LogP contribution in [0.5, 0.6) is 0 Å². The van der Waals surface area contributed by atoms with Gasteiger partial charge in [0.15, 0.2) is 6.29 Å². The first-order chi connectivity index (χ1) is 13.5. The monoisotopic (exact) mass is 406 g/mol. The van der Waals surface area contributed by atoms with Crippen LogP contribution in [-0.2, 0) is 9.47 Å². The van der Waals surface area contributed by atoms with Gasteiger partial charge in [-0.25, -0.2) is 0 Å². The molecule has 0 fully saturated rings. The SMILES string of the molecule is CCCCCCCCOC(OC(CC)(CCCCCC)C(O)CO)C(O)CO. The fourth-order valence-corrected chi connectivity index (χ4v) is 3.44. The number of rotatable bonds is 20. The molecule has 6 heteroatoms. The average Bonchev–Trinajstić information content (AvgIpc) is 2.72. The number of aliphatic hydroxyl groups is 4. The molecule has 0 spiro atoms. The Morgan fingerprint density at radius 2 is 1.32 bits per heavy atom. The standard InChI is InChI=1S/C22H46O6/c1-4-7-9-11-12-14-16-27-21(19(25)17-23)28-22(6-3,20(26)18-24)15-13-10-8-5-2/h19-21,23-26H,4-18H2,1-3H3. The Kier molecular flexibility index (Phi) is 17.5. The Morgan fingerprint density at radius 3 is 1.86 bits per heavy atom. The van der Waals surface area contributed by atoms with Crippen LogP contribution >= 0.6 is 0 Å². The Balaban J connectivity index is 4.82. The highest BCUT2D eigenvalue weighted by atomic mass is 16.7. The van der Waals surface area contributed by atoms with Crippen molar-refractivity contribution < 1.29 is 29.9 Å². The predicted octanol–water partition coefficient (Wildman–Crippen LogP) is 3.53. The number of hydrogen-bond acceptors (Lipinski definition) is 6. The quantitative estimate of drug-likeness (QED) is 0.182.